The van der Waals surface area contributed by atoms with E-state index in [4.69, 9.17) is 28.9 Å². The van der Waals surface area contributed by atoms with Crippen molar-refractivity contribution in [1.82, 2.24) is 9.55 Å². The molecule has 0 saturated carbocycles. The van der Waals surface area contributed by atoms with Gasteiger partial charge in [0.25, 0.3) is 5.56 Å². The second-order valence-corrected chi connectivity index (χ2v) is 9.15. The molecule has 0 atom stereocenters. The Bertz CT molecular complexity index is 1460. The zero-order valence-electron chi connectivity index (χ0n) is 18.1. The number of nitrogen functional groups attached to an aromatic ring is 1. The molecule has 0 unspecified atom stereocenters. The largest absolute Gasteiger partial charge is 0.385 e. The highest BCUT2D eigenvalue weighted by Gasteiger charge is 2.17. The Morgan fingerprint density at radius 3 is 2.34 bits per heavy atom. The zero-order chi connectivity index (χ0) is 24.9. The van der Waals surface area contributed by atoms with Gasteiger partial charge >= 0.3 is 0 Å². The van der Waals surface area contributed by atoms with Gasteiger partial charge in [0.1, 0.15) is 5.82 Å². The van der Waals surface area contributed by atoms with Gasteiger partial charge in [-0.3, -0.25) is 19.0 Å². The third kappa shape index (κ3) is 5.92. The summed E-state index contributed by atoms with van der Waals surface area (Å²) in [7, 11) is 0. The van der Waals surface area contributed by atoms with Gasteiger partial charge in [0.2, 0.25) is 5.91 Å². The minimum absolute atomic E-state index is 0.0922. The van der Waals surface area contributed by atoms with Crippen LogP contribution in [0.5, 0.6) is 0 Å². The Labute approximate surface area is 214 Å². The topological polar surface area (TPSA) is 107 Å². The first kappa shape index (κ1) is 24.5. The van der Waals surface area contributed by atoms with Crippen molar-refractivity contribution in [2.24, 2.45) is 0 Å². The maximum atomic E-state index is 13.0. The van der Waals surface area contributed by atoms with Crippen molar-refractivity contribution in [2.75, 3.05) is 16.8 Å². The van der Waals surface area contributed by atoms with Crippen molar-refractivity contribution >= 4 is 58.2 Å². The van der Waals surface area contributed by atoms with E-state index in [1.165, 1.54) is 12.1 Å². The van der Waals surface area contributed by atoms with Gasteiger partial charge in [0.15, 0.2) is 10.9 Å². The Morgan fingerprint density at radius 1 is 0.943 bits per heavy atom. The Morgan fingerprint density at radius 2 is 1.63 bits per heavy atom. The first-order valence-corrected chi connectivity index (χ1v) is 12.0. The normalized spacial score (nSPS) is 10.7. The number of nitrogens with one attached hydrogen (secondary N) is 1. The average molecular weight is 525 g/mol. The molecule has 1 amide bonds. The minimum atomic E-state index is -0.524. The lowest BCUT2D eigenvalue weighted by Gasteiger charge is -2.15. The van der Waals surface area contributed by atoms with Crippen molar-refractivity contribution in [2.45, 2.75) is 5.16 Å². The number of thioether (sulfide) groups is 1. The molecule has 0 fully saturated rings. The number of aromatic nitrogens is 2. The number of nitrogens with zero attached hydrogens (tertiary/aromatic N) is 2. The fraction of sp³-hybridized carbons (Fsp3) is 0.0400. The van der Waals surface area contributed by atoms with E-state index in [2.05, 4.69) is 10.3 Å². The summed E-state index contributed by atoms with van der Waals surface area (Å²) in [5, 5.41) is 3.90. The molecule has 0 aliphatic rings. The summed E-state index contributed by atoms with van der Waals surface area (Å²) < 4.78 is 1.56. The van der Waals surface area contributed by atoms with Gasteiger partial charge in [-0.25, -0.2) is 0 Å². The first-order valence-electron chi connectivity index (χ1n) is 10.3. The average Bonchev–Trinajstić information content (AvgIpc) is 2.84. The van der Waals surface area contributed by atoms with Crippen LogP contribution in [0.2, 0.25) is 10.0 Å². The molecular weight excluding hydrogens is 507 g/mol. The van der Waals surface area contributed by atoms with Crippen LogP contribution in [0.15, 0.2) is 88.8 Å². The summed E-state index contributed by atoms with van der Waals surface area (Å²) in [6.45, 7) is 0. The SMILES string of the molecule is Nc1cc(=O)nc(SCC(=O)Nc2ccc(Cl)cc2C(=O)c2ccccc2)n1-c1ccc(Cl)cc1. The van der Waals surface area contributed by atoms with Gasteiger partial charge in [-0.15, -0.1) is 0 Å². The molecule has 0 spiro atoms. The molecule has 10 heteroatoms. The number of hydrogen-bond acceptors (Lipinski definition) is 6. The summed E-state index contributed by atoms with van der Waals surface area (Å²) >= 11 is 13.1. The lowest BCUT2D eigenvalue weighted by Crippen LogP contribution is -2.20. The van der Waals surface area contributed by atoms with E-state index >= 15 is 0 Å². The zero-order valence-corrected chi connectivity index (χ0v) is 20.4. The second kappa shape index (κ2) is 10.8. The number of anilines is 2. The molecule has 0 aliphatic heterocycles. The minimum Gasteiger partial charge on any atom is -0.385 e. The summed E-state index contributed by atoms with van der Waals surface area (Å²) in [4.78, 5) is 41.8. The van der Waals surface area contributed by atoms with Crippen molar-refractivity contribution in [3.05, 3.63) is 110 Å². The van der Waals surface area contributed by atoms with Crippen molar-refractivity contribution in [3.8, 4) is 5.69 Å². The van der Waals surface area contributed by atoms with Crippen LogP contribution < -0.4 is 16.6 Å². The monoisotopic (exact) mass is 524 g/mol. The van der Waals surface area contributed by atoms with Crippen LogP contribution in [-0.4, -0.2) is 27.0 Å². The van der Waals surface area contributed by atoms with Crippen LogP contribution in [0.25, 0.3) is 5.69 Å². The van der Waals surface area contributed by atoms with Crippen molar-refractivity contribution < 1.29 is 9.59 Å². The molecule has 1 aromatic heterocycles. The quantitative estimate of drug-likeness (QED) is 0.198. The molecule has 4 aromatic rings. The van der Waals surface area contributed by atoms with Crippen LogP contribution in [0, 0.1) is 0 Å². The van der Waals surface area contributed by atoms with Crippen molar-refractivity contribution in [1.29, 1.82) is 0 Å². The number of ketones is 1. The smallest absolute Gasteiger partial charge is 0.275 e. The van der Waals surface area contributed by atoms with E-state index in [1.54, 1.807) is 65.2 Å². The Kier molecular flexibility index (Phi) is 7.55. The number of amides is 1. The van der Waals surface area contributed by atoms with Gasteiger partial charge in [-0.05, 0) is 42.5 Å². The molecule has 35 heavy (non-hydrogen) atoms. The predicted molar refractivity (Wildman–Crippen MR) is 140 cm³/mol. The van der Waals surface area contributed by atoms with E-state index in [0.717, 1.165) is 11.8 Å². The van der Waals surface area contributed by atoms with E-state index in [1.807, 2.05) is 6.07 Å². The fourth-order valence-corrected chi connectivity index (χ4v) is 4.42. The lowest BCUT2D eigenvalue weighted by molar-refractivity contribution is -0.113. The third-order valence-electron chi connectivity index (χ3n) is 4.88. The maximum Gasteiger partial charge on any atom is 0.275 e. The summed E-state index contributed by atoms with van der Waals surface area (Å²) in [6, 6.07) is 21.4. The van der Waals surface area contributed by atoms with Gasteiger partial charge < -0.3 is 11.1 Å². The molecule has 1 heterocycles. The predicted octanol–water partition coefficient (Wildman–Crippen LogP) is 5.08. The number of hydrogen-bond donors (Lipinski definition) is 2. The van der Waals surface area contributed by atoms with E-state index in [-0.39, 0.29) is 28.1 Å². The Hall–Kier alpha value is -3.59. The van der Waals surface area contributed by atoms with Crippen LogP contribution in [-0.2, 0) is 4.79 Å². The second-order valence-electron chi connectivity index (χ2n) is 7.34. The van der Waals surface area contributed by atoms with Crippen LogP contribution >= 0.6 is 35.0 Å². The summed E-state index contributed by atoms with van der Waals surface area (Å²) in [5.74, 6) is -0.599. The summed E-state index contributed by atoms with van der Waals surface area (Å²) in [5.41, 5.74) is 7.24. The molecule has 0 bridgehead atoms. The number of benzene rings is 3. The van der Waals surface area contributed by atoms with Crippen molar-refractivity contribution in [3.63, 3.8) is 0 Å². The molecule has 0 radical (unpaired) electrons. The highest BCUT2D eigenvalue weighted by atomic mass is 35.5. The molecule has 0 saturated heterocycles. The van der Waals surface area contributed by atoms with Crippen LogP contribution in [0.1, 0.15) is 15.9 Å². The third-order valence-corrected chi connectivity index (χ3v) is 6.31. The van der Waals surface area contributed by atoms with Gasteiger partial charge in [-0.2, -0.15) is 4.98 Å². The van der Waals surface area contributed by atoms with Gasteiger partial charge in [0.05, 0.1) is 11.4 Å². The molecule has 3 N–H and O–H groups in total. The fourth-order valence-electron chi connectivity index (χ4n) is 3.30. The summed E-state index contributed by atoms with van der Waals surface area (Å²) in [6.07, 6.45) is 0. The molecular formula is C25H18Cl2N4O3S. The van der Waals surface area contributed by atoms with E-state index in [0.29, 0.717) is 27.0 Å². The molecule has 4 rings (SSSR count). The highest BCUT2D eigenvalue weighted by Crippen LogP contribution is 2.26. The highest BCUT2D eigenvalue weighted by molar-refractivity contribution is 7.99. The van der Waals surface area contributed by atoms with Gasteiger partial charge in [-0.1, -0.05) is 65.3 Å². The molecule has 0 aliphatic carbocycles. The first-order chi connectivity index (χ1) is 16.8. The van der Waals surface area contributed by atoms with Crippen LogP contribution in [0.4, 0.5) is 11.5 Å². The van der Waals surface area contributed by atoms with Crippen LogP contribution in [0.3, 0.4) is 0 Å². The number of carbonyl (C=O) groups excluding carboxylic acids is 2. The molecule has 3 aromatic carbocycles. The van der Waals surface area contributed by atoms with E-state index < -0.39 is 11.5 Å². The standard InChI is InChI=1S/C25H18Cl2N4O3S/c26-16-6-9-18(10-7-16)31-21(28)13-22(32)30-25(31)35-14-23(33)29-20-11-8-17(27)12-19(20)24(34)15-4-2-1-3-5-15/h1-13H,14,28H2,(H,29,33). The number of nitrogens with two attached hydrogens (primary N) is 1. The Balaban J connectivity index is 1.56. The maximum absolute atomic E-state index is 13.0. The van der Waals surface area contributed by atoms with E-state index in [9.17, 15) is 14.4 Å². The number of halogens is 2. The lowest BCUT2D eigenvalue weighted by atomic mass is 10.0. The molecule has 176 valence electrons. The number of carbonyl (C=O) groups is 2. The van der Waals surface area contributed by atoms with Gasteiger partial charge in [0, 0.05) is 32.9 Å². The molecule has 7 nitrogen and oxygen atoms in total. The number of rotatable bonds is 7.